The standard InChI is InChI=1S/C19H29NO4/c1-3-14-23-17-7-5-6-8-18(17)24-15-13-20-11-9-16(10-12-20)19(21)22-4-2/h5-8,16H,3-4,9-15H2,1-2H3/p+1. The number of nitrogens with one attached hydrogen (secondary N) is 1. The Morgan fingerprint density at radius 1 is 1.08 bits per heavy atom. The zero-order valence-corrected chi connectivity index (χ0v) is 14.9. The molecule has 0 saturated carbocycles. The summed E-state index contributed by atoms with van der Waals surface area (Å²) in [5.41, 5.74) is 0. The number of esters is 1. The van der Waals surface area contributed by atoms with Gasteiger partial charge in [0.05, 0.1) is 32.2 Å². The summed E-state index contributed by atoms with van der Waals surface area (Å²) in [5, 5.41) is 0. The highest BCUT2D eigenvalue weighted by Crippen LogP contribution is 2.26. The van der Waals surface area contributed by atoms with E-state index in [0.717, 1.165) is 50.4 Å². The van der Waals surface area contributed by atoms with Gasteiger partial charge in [-0.05, 0) is 25.5 Å². The second-order valence-electron chi connectivity index (χ2n) is 6.17. The van der Waals surface area contributed by atoms with Crippen molar-refractivity contribution in [3.05, 3.63) is 24.3 Å². The van der Waals surface area contributed by atoms with Crippen molar-refractivity contribution in [1.82, 2.24) is 0 Å². The molecule has 0 aromatic heterocycles. The summed E-state index contributed by atoms with van der Waals surface area (Å²) >= 11 is 0. The number of quaternary nitrogens is 1. The van der Waals surface area contributed by atoms with Gasteiger partial charge in [-0.1, -0.05) is 19.1 Å². The van der Waals surface area contributed by atoms with Crippen LogP contribution in [-0.4, -0.2) is 45.4 Å². The fourth-order valence-corrected chi connectivity index (χ4v) is 2.98. The lowest BCUT2D eigenvalue weighted by Crippen LogP contribution is -3.13. The molecule has 0 aliphatic carbocycles. The van der Waals surface area contributed by atoms with Crippen molar-refractivity contribution < 1.29 is 23.9 Å². The first-order valence-corrected chi connectivity index (χ1v) is 9.09. The van der Waals surface area contributed by atoms with Gasteiger partial charge in [-0.3, -0.25) is 4.79 Å². The second-order valence-corrected chi connectivity index (χ2v) is 6.17. The number of carbonyl (C=O) groups is 1. The molecule has 1 fully saturated rings. The third-order valence-corrected chi connectivity index (χ3v) is 4.34. The van der Waals surface area contributed by atoms with Crippen LogP contribution in [-0.2, 0) is 9.53 Å². The van der Waals surface area contributed by atoms with Crippen molar-refractivity contribution in [3.63, 3.8) is 0 Å². The Balaban J connectivity index is 1.71. The number of piperidine rings is 1. The SMILES string of the molecule is CCCOc1ccccc1OCC[NH+]1CCC(C(=O)OCC)CC1. The molecule has 1 aliphatic heterocycles. The van der Waals surface area contributed by atoms with E-state index in [1.165, 1.54) is 4.90 Å². The first kappa shape index (κ1) is 18.6. The average molecular weight is 336 g/mol. The van der Waals surface area contributed by atoms with Gasteiger partial charge < -0.3 is 19.1 Å². The fraction of sp³-hybridized carbons (Fsp3) is 0.632. The molecule has 0 atom stereocenters. The first-order valence-electron chi connectivity index (χ1n) is 9.09. The summed E-state index contributed by atoms with van der Waals surface area (Å²) in [4.78, 5) is 13.2. The molecule has 0 spiro atoms. The van der Waals surface area contributed by atoms with Crippen molar-refractivity contribution in [1.29, 1.82) is 0 Å². The number of para-hydroxylation sites is 2. The molecule has 0 radical (unpaired) electrons. The highest BCUT2D eigenvalue weighted by atomic mass is 16.5. The number of rotatable bonds is 9. The Labute approximate surface area is 144 Å². The first-order chi connectivity index (χ1) is 11.7. The molecule has 1 aliphatic rings. The van der Waals surface area contributed by atoms with Crippen LogP contribution < -0.4 is 14.4 Å². The minimum Gasteiger partial charge on any atom is -0.490 e. The average Bonchev–Trinajstić information content (AvgIpc) is 2.61. The zero-order valence-electron chi connectivity index (χ0n) is 14.9. The van der Waals surface area contributed by atoms with E-state index >= 15 is 0 Å². The van der Waals surface area contributed by atoms with Gasteiger partial charge in [0.15, 0.2) is 11.5 Å². The van der Waals surface area contributed by atoms with E-state index in [0.29, 0.717) is 19.8 Å². The number of hydrogen-bond acceptors (Lipinski definition) is 4. The molecule has 2 rings (SSSR count). The molecule has 0 bridgehead atoms. The number of benzene rings is 1. The smallest absolute Gasteiger partial charge is 0.309 e. The second kappa shape index (κ2) is 10.2. The van der Waals surface area contributed by atoms with Crippen LogP contribution in [0.3, 0.4) is 0 Å². The van der Waals surface area contributed by atoms with Crippen LogP contribution in [0.2, 0.25) is 0 Å². The molecular formula is C19H30NO4+. The van der Waals surface area contributed by atoms with E-state index in [2.05, 4.69) is 6.92 Å². The molecule has 0 unspecified atom stereocenters. The molecular weight excluding hydrogens is 306 g/mol. The highest BCUT2D eigenvalue weighted by molar-refractivity contribution is 5.72. The fourth-order valence-electron chi connectivity index (χ4n) is 2.98. The minimum absolute atomic E-state index is 0.0326. The van der Waals surface area contributed by atoms with Gasteiger partial charge in [0.25, 0.3) is 0 Å². The minimum atomic E-state index is -0.0326. The Bertz CT molecular complexity index is 498. The largest absolute Gasteiger partial charge is 0.490 e. The normalized spacial score (nSPS) is 20.4. The van der Waals surface area contributed by atoms with Crippen molar-refractivity contribution in [2.75, 3.05) is 39.5 Å². The van der Waals surface area contributed by atoms with Gasteiger partial charge in [-0.25, -0.2) is 0 Å². The third kappa shape index (κ3) is 5.71. The number of carbonyl (C=O) groups excluding carboxylic acids is 1. The number of likely N-dealkylation sites (tertiary alicyclic amines) is 1. The summed E-state index contributed by atoms with van der Waals surface area (Å²) < 4.78 is 16.7. The maximum Gasteiger partial charge on any atom is 0.309 e. The molecule has 1 aromatic rings. The van der Waals surface area contributed by atoms with Gasteiger partial charge in [0, 0.05) is 12.8 Å². The number of hydrogen-bond donors (Lipinski definition) is 1. The van der Waals surface area contributed by atoms with Crippen LogP contribution in [0.15, 0.2) is 24.3 Å². The molecule has 0 amide bonds. The van der Waals surface area contributed by atoms with E-state index in [1.807, 2.05) is 31.2 Å². The van der Waals surface area contributed by atoms with Crippen molar-refractivity contribution in [2.24, 2.45) is 5.92 Å². The lowest BCUT2D eigenvalue weighted by Gasteiger charge is -2.28. The lowest BCUT2D eigenvalue weighted by atomic mass is 9.97. The zero-order chi connectivity index (χ0) is 17.2. The topological polar surface area (TPSA) is 49.2 Å². The third-order valence-electron chi connectivity index (χ3n) is 4.34. The Kier molecular flexibility index (Phi) is 7.89. The van der Waals surface area contributed by atoms with E-state index in [1.54, 1.807) is 0 Å². The van der Waals surface area contributed by atoms with Crippen molar-refractivity contribution >= 4 is 5.97 Å². The van der Waals surface area contributed by atoms with Crippen LogP contribution in [0, 0.1) is 5.92 Å². The van der Waals surface area contributed by atoms with Crippen LogP contribution in [0.5, 0.6) is 11.5 Å². The molecule has 5 nitrogen and oxygen atoms in total. The summed E-state index contributed by atoms with van der Waals surface area (Å²) in [5.74, 6) is 1.68. The molecule has 1 heterocycles. The van der Waals surface area contributed by atoms with Gasteiger partial charge in [0.1, 0.15) is 13.2 Å². The monoisotopic (exact) mass is 336 g/mol. The summed E-state index contributed by atoms with van der Waals surface area (Å²) in [6, 6.07) is 7.82. The quantitative estimate of drug-likeness (QED) is 0.698. The van der Waals surface area contributed by atoms with Gasteiger partial charge in [-0.2, -0.15) is 0 Å². The van der Waals surface area contributed by atoms with E-state index < -0.39 is 0 Å². The van der Waals surface area contributed by atoms with Crippen LogP contribution in [0.25, 0.3) is 0 Å². The van der Waals surface area contributed by atoms with E-state index in [-0.39, 0.29) is 11.9 Å². The van der Waals surface area contributed by atoms with Crippen molar-refractivity contribution in [3.8, 4) is 11.5 Å². The van der Waals surface area contributed by atoms with Gasteiger partial charge in [0.2, 0.25) is 0 Å². The van der Waals surface area contributed by atoms with Crippen LogP contribution in [0.1, 0.15) is 33.1 Å². The van der Waals surface area contributed by atoms with Crippen molar-refractivity contribution in [2.45, 2.75) is 33.1 Å². The Morgan fingerprint density at radius 3 is 2.29 bits per heavy atom. The Hall–Kier alpha value is -1.75. The maximum absolute atomic E-state index is 11.8. The van der Waals surface area contributed by atoms with E-state index in [9.17, 15) is 4.79 Å². The summed E-state index contributed by atoms with van der Waals surface area (Å²) in [6.07, 6.45) is 2.79. The highest BCUT2D eigenvalue weighted by Gasteiger charge is 2.28. The summed E-state index contributed by atoms with van der Waals surface area (Å²) in [6.45, 7) is 8.72. The summed E-state index contributed by atoms with van der Waals surface area (Å²) in [7, 11) is 0. The molecule has 1 N–H and O–H groups in total. The molecule has 134 valence electrons. The maximum atomic E-state index is 11.8. The lowest BCUT2D eigenvalue weighted by molar-refractivity contribution is -0.905. The molecule has 1 saturated heterocycles. The Morgan fingerprint density at radius 2 is 1.71 bits per heavy atom. The molecule has 5 heteroatoms. The molecule has 24 heavy (non-hydrogen) atoms. The molecule has 1 aromatic carbocycles. The number of ether oxygens (including phenoxy) is 3. The van der Waals surface area contributed by atoms with Crippen LogP contribution >= 0.6 is 0 Å². The van der Waals surface area contributed by atoms with Crippen LogP contribution in [0.4, 0.5) is 0 Å². The van der Waals surface area contributed by atoms with Gasteiger partial charge >= 0.3 is 5.97 Å². The predicted molar refractivity (Wildman–Crippen MR) is 92.6 cm³/mol. The van der Waals surface area contributed by atoms with E-state index in [4.69, 9.17) is 14.2 Å². The van der Waals surface area contributed by atoms with Gasteiger partial charge in [-0.15, -0.1) is 0 Å². The predicted octanol–water partition coefficient (Wildman–Crippen LogP) is 1.71.